The molecule has 2 aromatic rings. The van der Waals surface area contributed by atoms with Crippen LogP contribution in [0.25, 0.3) is 10.8 Å². The monoisotopic (exact) mass is 598 g/mol. The molecule has 2 aliphatic carbocycles. The minimum absolute atomic E-state index is 0.0944. The van der Waals surface area contributed by atoms with Crippen LogP contribution < -0.4 is 14.8 Å². The standard InChI is InChI=1S/C30H38N4O7S/c1-6-20-15-30(20,27(36)33-42(38,39)22-9-10-22)17-32-25(35)24-14-21(16-34(24)28(37)41-29(3,4)5)40-26-23-13-18(2)7-8-19(23)11-12-31-26/h6-8,11-13,20-22,24H,1,9-10,14-17H2,2-5H3,(H,32,35)(H,33,36)/t20?,21-,24+,30-/m1/s1. The van der Waals surface area contributed by atoms with Crippen molar-refractivity contribution in [3.8, 4) is 5.88 Å². The van der Waals surface area contributed by atoms with Gasteiger partial charge in [0.2, 0.25) is 27.7 Å². The number of fused-ring (bicyclic) bond motifs is 1. The molecule has 0 bridgehead atoms. The van der Waals surface area contributed by atoms with Gasteiger partial charge < -0.3 is 14.8 Å². The molecule has 1 unspecified atom stereocenters. The van der Waals surface area contributed by atoms with Crippen molar-refractivity contribution in [1.82, 2.24) is 19.9 Å². The summed E-state index contributed by atoms with van der Waals surface area (Å²) < 4.78 is 38.9. The number of hydrogen-bond acceptors (Lipinski definition) is 8. The lowest BCUT2D eigenvalue weighted by atomic mass is 10.0. The van der Waals surface area contributed by atoms with Crippen molar-refractivity contribution >= 4 is 38.7 Å². The van der Waals surface area contributed by atoms with Gasteiger partial charge in [-0.15, -0.1) is 6.58 Å². The number of hydrogen-bond donors (Lipinski definition) is 2. The van der Waals surface area contributed by atoms with E-state index in [1.54, 1.807) is 33.0 Å². The van der Waals surface area contributed by atoms with Crippen LogP contribution in [0.5, 0.6) is 5.88 Å². The van der Waals surface area contributed by atoms with Crippen LogP contribution in [0.2, 0.25) is 0 Å². The van der Waals surface area contributed by atoms with Gasteiger partial charge in [0, 0.05) is 24.5 Å². The number of allylic oxidation sites excluding steroid dienone is 1. The largest absolute Gasteiger partial charge is 0.472 e. The Morgan fingerprint density at radius 2 is 1.95 bits per heavy atom. The van der Waals surface area contributed by atoms with E-state index in [0.717, 1.165) is 16.3 Å². The first kappa shape index (κ1) is 29.8. The van der Waals surface area contributed by atoms with Gasteiger partial charge in [-0.3, -0.25) is 19.2 Å². The Morgan fingerprint density at radius 3 is 2.60 bits per heavy atom. The van der Waals surface area contributed by atoms with Crippen LogP contribution >= 0.6 is 0 Å². The van der Waals surface area contributed by atoms with Gasteiger partial charge in [-0.05, 0) is 70.4 Å². The Hall–Kier alpha value is -3.67. The fourth-order valence-corrected chi connectivity index (χ4v) is 6.79. The molecular weight excluding hydrogens is 560 g/mol. The highest BCUT2D eigenvalue weighted by molar-refractivity contribution is 7.90. The van der Waals surface area contributed by atoms with Gasteiger partial charge >= 0.3 is 6.09 Å². The number of aromatic nitrogens is 1. The number of carbonyl (C=O) groups excluding carboxylic acids is 3. The Balaban J connectivity index is 1.32. The van der Waals surface area contributed by atoms with Crippen LogP contribution in [0, 0.1) is 18.3 Å². The summed E-state index contributed by atoms with van der Waals surface area (Å²) >= 11 is 0. The maximum atomic E-state index is 13.6. The summed E-state index contributed by atoms with van der Waals surface area (Å²) in [6.45, 7) is 11.0. The van der Waals surface area contributed by atoms with Crippen molar-refractivity contribution in [2.24, 2.45) is 11.3 Å². The summed E-state index contributed by atoms with van der Waals surface area (Å²) in [6, 6.07) is 6.90. The molecule has 0 spiro atoms. The molecule has 1 aliphatic heterocycles. The summed E-state index contributed by atoms with van der Waals surface area (Å²) in [5.74, 6) is -1.01. The van der Waals surface area contributed by atoms with E-state index in [1.165, 1.54) is 4.90 Å². The number of amides is 3. The third kappa shape index (κ3) is 6.23. The molecule has 3 fully saturated rings. The van der Waals surface area contributed by atoms with E-state index in [0.29, 0.717) is 25.1 Å². The van der Waals surface area contributed by atoms with E-state index in [4.69, 9.17) is 9.47 Å². The van der Waals surface area contributed by atoms with E-state index in [1.807, 2.05) is 31.2 Å². The number of benzene rings is 1. The molecule has 11 nitrogen and oxygen atoms in total. The number of nitrogens with one attached hydrogen (secondary N) is 2. The summed E-state index contributed by atoms with van der Waals surface area (Å²) in [5.41, 5.74) is -0.859. The van der Waals surface area contributed by atoms with E-state index in [-0.39, 0.29) is 25.4 Å². The van der Waals surface area contributed by atoms with Crippen molar-refractivity contribution < 1.29 is 32.3 Å². The van der Waals surface area contributed by atoms with Gasteiger partial charge in [-0.1, -0.05) is 23.8 Å². The Kier molecular flexibility index (Phi) is 7.71. The second-order valence-corrected chi connectivity index (χ2v) is 14.5. The molecule has 0 radical (unpaired) electrons. The molecule has 226 valence electrons. The van der Waals surface area contributed by atoms with Crippen LogP contribution in [-0.2, 0) is 24.3 Å². The van der Waals surface area contributed by atoms with Crippen LogP contribution in [0.15, 0.2) is 43.1 Å². The predicted molar refractivity (Wildman–Crippen MR) is 156 cm³/mol. The summed E-state index contributed by atoms with van der Waals surface area (Å²) in [6.07, 6.45) is 3.63. The topological polar surface area (TPSA) is 144 Å². The number of nitrogens with zero attached hydrogens (tertiary/aromatic N) is 2. The van der Waals surface area contributed by atoms with Gasteiger partial charge in [0.15, 0.2) is 0 Å². The molecule has 4 atom stereocenters. The Labute approximate surface area is 246 Å². The number of rotatable bonds is 9. The molecule has 2 N–H and O–H groups in total. The number of ether oxygens (including phenoxy) is 2. The zero-order valence-corrected chi connectivity index (χ0v) is 25.2. The molecule has 2 saturated carbocycles. The normalized spacial score (nSPS) is 25.5. The molecule has 42 heavy (non-hydrogen) atoms. The fourth-order valence-electron chi connectivity index (χ4n) is 5.40. The SMILES string of the molecule is C=CC1C[C@]1(CNC(=O)[C@@H]1C[C@@H](Oc2nccc3ccc(C)cc23)CN1C(=O)OC(C)(C)C)C(=O)NS(=O)(=O)C1CC1. The maximum absolute atomic E-state index is 13.6. The fraction of sp³-hybridized carbons (Fsp3) is 0.533. The molecule has 1 aromatic carbocycles. The second kappa shape index (κ2) is 10.9. The molecule has 3 amide bonds. The van der Waals surface area contributed by atoms with Crippen LogP contribution in [0.3, 0.4) is 0 Å². The Bertz CT molecular complexity index is 1530. The van der Waals surface area contributed by atoms with Crippen molar-refractivity contribution in [2.75, 3.05) is 13.1 Å². The second-order valence-electron chi connectivity index (χ2n) is 12.6. The maximum Gasteiger partial charge on any atom is 0.411 e. The number of sulfonamides is 1. The molecule has 5 rings (SSSR count). The van der Waals surface area contributed by atoms with Gasteiger partial charge in [-0.25, -0.2) is 18.2 Å². The van der Waals surface area contributed by atoms with Crippen molar-refractivity contribution in [1.29, 1.82) is 0 Å². The minimum atomic E-state index is -3.75. The first-order valence-corrected chi connectivity index (χ1v) is 15.7. The summed E-state index contributed by atoms with van der Waals surface area (Å²) in [7, 11) is -3.75. The highest BCUT2D eigenvalue weighted by Crippen LogP contribution is 2.53. The number of likely N-dealkylation sites (tertiary alicyclic amines) is 1. The number of aryl methyl sites for hydroxylation is 1. The van der Waals surface area contributed by atoms with E-state index in [2.05, 4.69) is 21.6 Å². The first-order chi connectivity index (χ1) is 19.7. The van der Waals surface area contributed by atoms with Gasteiger partial charge in [0.05, 0.1) is 17.2 Å². The minimum Gasteiger partial charge on any atom is -0.472 e. The molecule has 3 aliphatic rings. The van der Waals surface area contributed by atoms with Gasteiger partial charge in [-0.2, -0.15) is 0 Å². The molecule has 12 heteroatoms. The third-order valence-electron chi connectivity index (χ3n) is 8.00. The van der Waals surface area contributed by atoms with Crippen molar-refractivity contribution in [3.63, 3.8) is 0 Å². The lowest BCUT2D eigenvalue weighted by Crippen LogP contribution is -2.50. The molecule has 1 aromatic heterocycles. The first-order valence-electron chi connectivity index (χ1n) is 14.2. The summed E-state index contributed by atoms with van der Waals surface area (Å²) in [4.78, 5) is 45.6. The lowest BCUT2D eigenvalue weighted by molar-refractivity contribution is -0.127. The van der Waals surface area contributed by atoms with Crippen molar-refractivity contribution in [3.05, 3.63) is 48.7 Å². The third-order valence-corrected chi connectivity index (χ3v) is 9.82. The highest BCUT2D eigenvalue weighted by Gasteiger charge is 2.60. The van der Waals surface area contributed by atoms with E-state index in [9.17, 15) is 22.8 Å². The zero-order chi connectivity index (χ0) is 30.4. The van der Waals surface area contributed by atoms with Crippen LogP contribution in [0.1, 0.15) is 52.0 Å². The van der Waals surface area contributed by atoms with E-state index < -0.39 is 56.3 Å². The Morgan fingerprint density at radius 1 is 1.21 bits per heavy atom. The lowest BCUT2D eigenvalue weighted by Gasteiger charge is -2.28. The quantitative estimate of drug-likeness (QED) is 0.419. The predicted octanol–water partition coefficient (Wildman–Crippen LogP) is 3.22. The van der Waals surface area contributed by atoms with E-state index >= 15 is 0 Å². The summed E-state index contributed by atoms with van der Waals surface area (Å²) in [5, 5.41) is 4.04. The average molecular weight is 599 g/mol. The van der Waals surface area contributed by atoms with Crippen LogP contribution in [0.4, 0.5) is 4.79 Å². The number of pyridine rings is 1. The smallest absolute Gasteiger partial charge is 0.411 e. The molecule has 1 saturated heterocycles. The zero-order valence-electron chi connectivity index (χ0n) is 24.4. The van der Waals surface area contributed by atoms with Gasteiger partial charge in [0.25, 0.3) is 0 Å². The highest BCUT2D eigenvalue weighted by atomic mass is 32.2. The van der Waals surface area contributed by atoms with Gasteiger partial charge in [0.1, 0.15) is 17.7 Å². The number of carbonyl (C=O) groups is 3. The average Bonchev–Trinajstić information content (AvgIpc) is 3.83. The molecular formula is C30H38N4O7S. The van der Waals surface area contributed by atoms with Crippen molar-refractivity contribution in [2.45, 2.75) is 76.4 Å². The molecule has 2 heterocycles. The van der Waals surface area contributed by atoms with Crippen LogP contribution in [-0.4, -0.2) is 72.3 Å².